The number of ether oxygens (including phenoxy) is 2. The number of carbonyl (C=O) groups is 2. The maximum atomic E-state index is 12.2. The van der Waals surface area contributed by atoms with Crippen LogP contribution in [-0.4, -0.2) is 40.4 Å². The van der Waals surface area contributed by atoms with E-state index in [0.29, 0.717) is 6.61 Å². The van der Waals surface area contributed by atoms with Gasteiger partial charge in [-0.05, 0) is 39.5 Å². The molecular weight excluding hydrogens is 316 g/mol. The molecule has 0 amide bonds. The molecule has 1 atom stereocenters. The second-order valence-corrected chi connectivity index (χ2v) is 6.37. The first-order chi connectivity index (χ1) is 11.2. The van der Waals surface area contributed by atoms with Crippen molar-refractivity contribution in [3.05, 3.63) is 17.6 Å². The van der Waals surface area contributed by atoms with Crippen LogP contribution >= 0.6 is 11.8 Å². The van der Waals surface area contributed by atoms with Crippen LogP contribution < -0.4 is 0 Å². The van der Waals surface area contributed by atoms with Crippen LogP contribution in [0.15, 0.2) is 11.4 Å². The van der Waals surface area contributed by atoms with Crippen molar-refractivity contribution in [1.82, 2.24) is 9.97 Å². The fourth-order valence-electron chi connectivity index (χ4n) is 2.51. The van der Waals surface area contributed by atoms with Gasteiger partial charge in [-0.1, -0.05) is 11.8 Å². The van der Waals surface area contributed by atoms with Crippen LogP contribution in [0.3, 0.4) is 0 Å². The summed E-state index contributed by atoms with van der Waals surface area (Å²) in [5.41, 5.74) is 2.15. The van der Waals surface area contributed by atoms with Gasteiger partial charge in [0.05, 0.1) is 19.6 Å². The molecule has 7 heteroatoms. The summed E-state index contributed by atoms with van der Waals surface area (Å²) >= 11 is 1.28. The second kappa shape index (κ2) is 8.86. The molecule has 0 fully saturated rings. The number of carbonyl (C=O) groups excluding carboxylic acids is 2. The van der Waals surface area contributed by atoms with E-state index in [-0.39, 0.29) is 13.0 Å². The Balaban J connectivity index is 2.16. The number of thioether (sulfide) groups is 1. The predicted molar refractivity (Wildman–Crippen MR) is 86.2 cm³/mol. The third-order valence-electron chi connectivity index (χ3n) is 3.55. The van der Waals surface area contributed by atoms with E-state index in [1.165, 1.54) is 18.1 Å². The Morgan fingerprint density at radius 2 is 1.91 bits per heavy atom. The fraction of sp³-hybridized carbons (Fsp3) is 0.625. The minimum Gasteiger partial charge on any atom is -0.466 e. The molecule has 0 unspecified atom stereocenters. The van der Waals surface area contributed by atoms with Gasteiger partial charge in [0.15, 0.2) is 0 Å². The Morgan fingerprint density at radius 3 is 2.65 bits per heavy atom. The number of aryl methyl sites for hydroxylation is 1. The largest absolute Gasteiger partial charge is 0.466 e. The van der Waals surface area contributed by atoms with Crippen LogP contribution in [0.5, 0.6) is 0 Å². The van der Waals surface area contributed by atoms with Gasteiger partial charge in [0.2, 0.25) is 0 Å². The van der Waals surface area contributed by atoms with Crippen LogP contribution in [0.4, 0.5) is 0 Å². The maximum absolute atomic E-state index is 12.2. The average molecular weight is 338 g/mol. The van der Waals surface area contributed by atoms with Gasteiger partial charge in [-0.3, -0.25) is 9.59 Å². The molecule has 0 spiro atoms. The third-order valence-corrected chi connectivity index (χ3v) is 4.76. The highest BCUT2D eigenvalue weighted by Gasteiger charge is 2.28. The number of rotatable bonds is 7. The fourth-order valence-corrected chi connectivity index (χ4v) is 3.63. The van der Waals surface area contributed by atoms with Gasteiger partial charge in [-0.2, -0.15) is 0 Å². The molecule has 0 saturated heterocycles. The Bertz CT molecular complexity index is 565. The van der Waals surface area contributed by atoms with Crippen molar-refractivity contribution in [3.63, 3.8) is 0 Å². The molecule has 0 aromatic carbocycles. The van der Waals surface area contributed by atoms with Crippen molar-refractivity contribution in [2.45, 2.75) is 56.2 Å². The molecule has 0 aliphatic heterocycles. The van der Waals surface area contributed by atoms with E-state index in [2.05, 4.69) is 9.97 Å². The van der Waals surface area contributed by atoms with Crippen LogP contribution in [0, 0.1) is 0 Å². The van der Waals surface area contributed by atoms with Gasteiger partial charge < -0.3 is 9.47 Å². The van der Waals surface area contributed by atoms with Gasteiger partial charge in [-0.15, -0.1) is 0 Å². The summed E-state index contributed by atoms with van der Waals surface area (Å²) in [6, 6.07) is 0. The smallest absolute Gasteiger partial charge is 0.320 e. The monoisotopic (exact) mass is 338 g/mol. The Labute approximate surface area is 140 Å². The Morgan fingerprint density at radius 1 is 1.17 bits per heavy atom. The van der Waals surface area contributed by atoms with E-state index in [1.807, 2.05) is 0 Å². The first-order valence-electron chi connectivity index (χ1n) is 7.97. The molecule has 1 aliphatic carbocycles. The molecule has 1 heterocycles. The number of hydrogen-bond acceptors (Lipinski definition) is 7. The molecule has 0 saturated carbocycles. The van der Waals surface area contributed by atoms with E-state index in [0.717, 1.165) is 42.0 Å². The van der Waals surface area contributed by atoms with Gasteiger partial charge in [-0.25, -0.2) is 9.97 Å². The second-order valence-electron chi connectivity index (χ2n) is 5.18. The van der Waals surface area contributed by atoms with E-state index in [4.69, 9.17) is 9.47 Å². The van der Waals surface area contributed by atoms with Crippen molar-refractivity contribution < 1.29 is 19.1 Å². The zero-order chi connectivity index (χ0) is 16.7. The lowest BCUT2D eigenvalue weighted by molar-refractivity contribution is -0.149. The van der Waals surface area contributed by atoms with Crippen LogP contribution in [0.25, 0.3) is 0 Å². The maximum Gasteiger partial charge on any atom is 0.320 e. The molecule has 23 heavy (non-hydrogen) atoms. The topological polar surface area (TPSA) is 78.4 Å². The summed E-state index contributed by atoms with van der Waals surface area (Å²) < 4.78 is 10.0. The molecule has 0 radical (unpaired) electrons. The SMILES string of the molecule is CCOC(=O)C[C@H](Sc1ncnc2c1CCCC2)C(=O)OCC. The summed E-state index contributed by atoms with van der Waals surface area (Å²) in [7, 11) is 0. The summed E-state index contributed by atoms with van der Waals surface area (Å²) in [5.74, 6) is -0.810. The van der Waals surface area contributed by atoms with E-state index >= 15 is 0 Å². The zero-order valence-electron chi connectivity index (χ0n) is 13.5. The molecular formula is C16H22N2O4S. The minimum atomic E-state index is -0.644. The third kappa shape index (κ3) is 4.92. The highest BCUT2D eigenvalue weighted by atomic mass is 32.2. The molecule has 1 aromatic rings. The number of aromatic nitrogens is 2. The van der Waals surface area contributed by atoms with E-state index in [9.17, 15) is 9.59 Å². The normalized spacial score (nSPS) is 14.7. The van der Waals surface area contributed by atoms with Gasteiger partial charge in [0.1, 0.15) is 16.6 Å². The van der Waals surface area contributed by atoms with E-state index < -0.39 is 17.2 Å². The quantitative estimate of drug-likeness (QED) is 0.429. The van der Waals surface area contributed by atoms with Crippen molar-refractivity contribution in [2.24, 2.45) is 0 Å². The number of fused-ring (bicyclic) bond motifs is 1. The number of hydrogen-bond donors (Lipinski definition) is 0. The number of nitrogens with zero attached hydrogens (tertiary/aromatic N) is 2. The summed E-state index contributed by atoms with van der Waals surface area (Å²) in [5, 5.41) is 0.131. The van der Waals surface area contributed by atoms with Crippen LogP contribution in [0.1, 0.15) is 44.4 Å². The van der Waals surface area contributed by atoms with Gasteiger partial charge >= 0.3 is 11.9 Å². The highest BCUT2D eigenvalue weighted by molar-refractivity contribution is 8.00. The van der Waals surface area contributed by atoms with Crippen molar-refractivity contribution in [2.75, 3.05) is 13.2 Å². The van der Waals surface area contributed by atoms with Crippen molar-refractivity contribution >= 4 is 23.7 Å². The van der Waals surface area contributed by atoms with E-state index in [1.54, 1.807) is 13.8 Å². The first kappa shape index (κ1) is 17.7. The van der Waals surface area contributed by atoms with Crippen LogP contribution in [-0.2, 0) is 31.9 Å². The lowest BCUT2D eigenvalue weighted by atomic mass is 9.98. The van der Waals surface area contributed by atoms with Gasteiger partial charge in [0, 0.05) is 11.3 Å². The lowest BCUT2D eigenvalue weighted by Gasteiger charge is -2.19. The Kier molecular flexibility index (Phi) is 6.83. The summed E-state index contributed by atoms with van der Waals surface area (Å²) in [6.07, 6.45) is 5.57. The number of esters is 2. The van der Waals surface area contributed by atoms with Crippen LogP contribution in [0.2, 0.25) is 0 Å². The minimum absolute atomic E-state index is 0.0177. The van der Waals surface area contributed by atoms with Gasteiger partial charge in [0.25, 0.3) is 0 Å². The van der Waals surface area contributed by atoms with Crippen molar-refractivity contribution in [3.8, 4) is 0 Å². The molecule has 0 N–H and O–H groups in total. The predicted octanol–water partition coefficient (Wildman–Crippen LogP) is 2.33. The molecule has 126 valence electrons. The molecule has 6 nitrogen and oxygen atoms in total. The average Bonchev–Trinajstić information content (AvgIpc) is 2.55. The first-order valence-corrected chi connectivity index (χ1v) is 8.85. The highest BCUT2D eigenvalue weighted by Crippen LogP contribution is 2.32. The zero-order valence-corrected chi connectivity index (χ0v) is 14.4. The van der Waals surface area contributed by atoms with Crippen molar-refractivity contribution in [1.29, 1.82) is 0 Å². The molecule has 1 aromatic heterocycles. The Hall–Kier alpha value is -1.63. The standard InChI is InChI=1S/C16H22N2O4S/c1-3-21-14(19)9-13(16(20)22-4-2)23-15-11-7-5-6-8-12(11)17-10-18-15/h10,13H,3-9H2,1-2H3/t13-/m0/s1. The summed E-state index contributed by atoms with van der Waals surface area (Å²) in [4.78, 5) is 32.6. The molecule has 1 aliphatic rings. The molecule has 0 bridgehead atoms. The lowest BCUT2D eigenvalue weighted by Crippen LogP contribution is -2.25. The summed E-state index contributed by atoms with van der Waals surface area (Å²) in [6.45, 7) is 4.06. The molecule has 2 rings (SSSR count).